The van der Waals surface area contributed by atoms with E-state index >= 15 is 0 Å². The number of piperazine rings is 1. The Morgan fingerprint density at radius 3 is 2.35 bits per heavy atom. The third kappa shape index (κ3) is 6.22. The largest absolute Gasteiger partial charge is 0.403 e. The highest BCUT2D eigenvalue weighted by molar-refractivity contribution is 14.0. The van der Waals surface area contributed by atoms with Crippen LogP contribution in [-0.4, -0.2) is 65.7 Å². The van der Waals surface area contributed by atoms with Crippen LogP contribution >= 0.6 is 35.3 Å². The van der Waals surface area contributed by atoms with E-state index in [9.17, 15) is 13.2 Å². The smallest absolute Gasteiger partial charge is 0.357 e. The fourth-order valence-electron chi connectivity index (χ4n) is 2.82. The number of rotatable bonds is 4. The number of nitrogens with one attached hydrogen (secondary N) is 1. The average molecular weight is 505 g/mol. The van der Waals surface area contributed by atoms with Crippen molar-refractivity contribution in [3.63, 3.8) is 0 Å². The van der Waals surface area contributed by atoms with Gasteiger partial charge >= 0.3 is 6.18 Å². The van der Waals surface area contributed by atoms with Gasteiger partial charge in [0.25, 0.3) is 0 Å². The molecule has 1 aromatic rings. The minimum Gasteiger partial charge on any atom is -0.357 e. The van der Waals surface area contributed by atoms with Crippen LogP contribution in [0.2, 0.25) is 0 Å². The van der Waals surface area contributed by atoms with E-state index in [1.807, 2.05) is 25.7 Å². The zero-order valence-corrected chi connectivity index (χ0v) is 18.7. The average Bonchev–Trinajstić information content (AvgIpc) is 2.87. The van der Waals surface area contributed by atoms with Crippen molar-refractivity contribution in [2.45, 2.75) is 46.5 Å². The highest BCUT2D eigenvalue weighted by Crippen LogP contribution is 2.25. The van der Waals surface area contributed by atoms with E-state index in [1.165, 1.54) is 11.8 Å². The molecule has 10 heteroatoms. The molecule has 0 saturated carbocycles. The van der Waals surface area contributed by atoms with Gasteiger partial charge in [0.05, 0.1) is 17.2 Å². The van der Waals surface area contributed by atoms with Gasteiger partial charge in [-0.3, -0.25) is 4.90 Å². The number of halogens is 4. The number of nitrogens with zero attached hydrogens (tertiary/aromatic N) is 4. The summed E-state index contributed by atoms with van der Waals surface area (Å²) in [7, 11) is 0. The highest BCUT2D eigenvalue weighted by atomic mass is 127. The summed E-state index contributed by atoms with van der Waals surface area (Å²) in [5.41, 5.74) is 0.992. The molecule has 1 atom stereocenters. The summed E-state index contributed by atoms with van der Waals surface area (Å²) in [4.78, 5) is 13.7. The minimum atomic E-state index is -4.18. The van der Waals surface area contributed by atoms with Gasteiger partial charge in [-0.25, -0.2) is 9.98 Å². The molecule has 1 fully saturated rings. The van der Waals surface area contributed by atoms with E-state index in [-0.39, 0.29) is 24.0 Å². The zero-order chi connectivity index (χ0) is 18.6. The molecule has 1 unspecified atom stereocenters. The minimum absolute atomic E-state index is 0. The first-order valence-electron chi connectivity index (χ1n) is 8.49. The molecule has 0 aromatic carbocycles. The maximum absolute atomic E-state index is 12.9. The van der Waals surface area contributed by atoms with Crippen molar-refractivity contribution in [1.82, 2.24) is 20.1 Å². The Morgan fingerprint density at radius 2 is 1.88 bits per heavy atom. The van der Waals surface area contributed by atoms with Gasteiger partial charge in [0.15, 0.2) is 5.96 Å². The molecule has 1 saturated heterocycles. The van der Waals surface area contributed by atoms with Crippen LogP contribution in [0.5, 0.6) is 0 Å². The predicted molar refractivity (Wildman–Crippen MR) is 110 cm³/mol. The first-order chi connectivity index (χ1) is 11.7. The molecular weight excluding hydrogens is 478 g/mol. The van der Waals surface area contributed by atoms with E-state index in [2.05, 4.69) is 15.3 Å². The molecule has 0 aliphatic carbocycles. The van der Waals surface area contributed by atoms with Gasteiger partial charge in [0.2, 0.25) is 0 Å². The summed E-state index contributed by atoms with van der Waals surface area (Å²) in [6.07, 6.45) is -4.18. The number of thiazole rings is 1. The Labute approximate surface area is 174 Å². The van der Waals surface area contributed by atoms with Crippen LogP contribution in [0.25, 0.3) is 0 Å². The second-order valence-corrected chi connectivity index (χ2v) is 7.44. The summed E-state index contributed by atoms with van der Waals surface area (Å²) in [5, 5.41) is 4.26. The summed E-state index contributed by atoms with van der Waals surface area (Å²) in [6.45, 7) is 10.2. The van der Waals surface area contributed by atoms with Crippen LogP contribution in [0.15, 0.2) is 4.99 Å². The van der Waals surface area contributed by atoms with Crippen LogP contribution in [-0.2, 0) is 6.54 Å². The molecule has 26 heavy (non-hydrogen) atoms. The van der Waals surface area contributed by atoms with Gasteiger partial charge in [-0.2, -0.15) is 13.2 Å². The van der Waals surface area contributed by atoms with Crippen molar-refractivity contribution in [2.24, 2.45) is 4.99 Å². The van der Waals surface area contributed by atoms with E-state index in [0.717, 1.165) is 28.1 Å². The van der Waals surface area contributed by atoms with Crippen molar-refractivity contribution in [3.05, 3.63) is 15.6 Å². The lowest BCUT2D eigenvalue weighted by molar-refractivity contribution is -0.181. The van der Waals surface area contributed by atoms with Crippen LogP contribution in [0.3, 0.4) is 0 Å². The van der Waals surface area contributed by atoms with Crippen molar-refractivity contribution < 1.29 is 13.2 Å². The van der Waals surface area contributed by atoms with Crippen molar-refractivity contribution in [3.8, 4) is 0 Å². The number of guanidine groups is 1. The lowest BCUT2D eigenvalue weighted by Gasteiger charge is -2.39. The van der Waals surface area contributed by atoms with E-state index in [4.69, 9.17) is 0 Å². The van der Waals surface area contributed by atoms with Crippen LogP contribution < -0.4 is 5.32 Å². The maximum Gasteiger partial charge on any atom is 0.403 e. The number of aliphatic imine (C=N–C) groups is 1. The lowest BCUT2D eigenvalue weighted by atomic mass is 10.2. The molecule has 0 amide bonds. The molecule has 0 radical (unpaired) electrons. The second kappa shape index (κ2) is 10.1. The van der Waals surface area contributed by atoms with Crippen molar-refractivity contribution in [2.75, 3.05) is 32.7 Å². The molecule has 0 bridgehead atoms. The molecule has 150 valence electrons. The van der Waals surface area contributed by atoms with Gasteiger partial charge < -0.3 is 10.2 Å². The molecule has 1 N–H and O–H groups in total. The summed E-state index contributed by atoms with van der Waals surface area (Å²) < 4.78 is 38.6. The van der Waals surface area contributed by atoms with Crippen LogP contribution in [0.1, 0.15) is 29.4 Å². The summed E-state index contributed by atoms with van der Waals surface area (Å²) >= 11 is 1.63. The van der Waals surface area contributed by atoms with Crippen molar-refractivity contribution in [1.29, 1.82) is 0 Å². The van der Waals surface area contributed by atoms with Gasteiger partial charge in [-0.05, 0) is 27.7 Å². The fraction of sp³-hybridized carbons (Fsp3) is 0.750. The molecule has 2 rings (SSSR count). The molecule has 1 aliphatic rings. The SMILES string of the molecule is CCNC(=NCc1sc(C)nc1C)N1CCN(C(C)C(F)(F)F)CC1.I. The zero-order valence-electron chi connectivity index (χ0n) is 15.6. The molecule has 5 nitrogen and oxygen atoms in total. The van der Waals surface area contributed by atoms with E-state index in [1.54, 1.807) is 11.3 Å². The quantitative estimate of drug-likeness (QED) is 0.387. The molecule has 2 heterocycles. The third-order valence-corrected chi connectivity index (χ3v) is 5.40. The van der Waals surface area contributed by atoms with Crippen LogP contribution in [0.4, 0.5) is 13.2 Å². The Kier molecular flexibility index (Phi) is 9.07. The number of aryl methyl sites for hydroxylation is 2. The first-order valence-corrected chi connectivity index (χ1v) is 9.31. The number of hydrogen-bond donors (Lipinski definition) is 1. The molecule has 1 aromatic heterocycles. The monoisotopic (exact) mass is 505 g/mol. The topological polar surface area (TPSA) is 43.8 Å². The molecule has 0 spiro atoms. The second-order valence-electron chi connectivity index (χ2n) is 6.15. The Balaban J connectivity index is 0.00000338. The normalized spacial score (nSPS) is 17.8. The maximum atomic E-state index is 12.9. The van der Waals surface area contributed by atoms with Crippen LogP contribution in [0, 0.1) is 13.8 Å². The summed E-state index contributed by atoms with van der Waals surface area (Å²) in [5.74, 6) is 0.757. The predicted octanol–water partition coefficient (Wildman–Crippen LogP) is 3.41. The number of aromatic nitrogens is 1. The molecular formula is C16H27F3IN5S. The Bertz CT molecular complexity index is 597. The first kappa shape index (κ1) is 23.4. The van der Waals surface area contributed by atoms with Gasteiger partial charge in [-0.1, -0.05) is 0 Å². The van der Waals surface area contributed by atoms with E-state index in [0.29, 0.717) is 32.7 Å². The third-order valence-electron chi connectivity index (χ3n) is 4.34. The summed E-state index contributed by atoms with van der Waals surface area (Å²) in [6, 6.07) is -1.41. The van der Waals surface area contributed by atoms with Gasteiger partial charge in [0.1, 0.15) is 6.04 Å². The number of hydrogen-bond acceptors (Lipinski definition) is 4. The number of alkyl halides is 3. The Morgan fingerprint density at radius 1 is 1.27 bits per heavy atom. The van der Waals surface area contributed by atoms with Gasteiger partial charge in [0, 0.05) is 37.6 Å². The Hall–Kier alpha value is -0.620. The van der Waals surface area contributed by atoms with E-state index < -0.39 is 12.2 Å². The van der Waals surface area contributed by atoms with Gasteiger partial charge in [-0.15, -0.1) is 35.3 Å². The molecule has 1 aliphatic heterocycles. The lowest BCUT2D eigenvalue weighted by Crippen LogP contribution is -2.56. The highest BCUT2D eigenvalue weighted by Gasteiger charge is 2.41. The standard InChI is InChI=1S/C16H26F3N5S.HI/c1-5-20-15(21-10-14-11(2)22-13(4)25-14)24-8-6-23(7-9-24)12(3)16(17,18)19;/h12H,5-10H2,1-4H3,(H,20,21);1H. The fourth-order valence-corrected chi connectivity index (χ4v) is 3.68. The van der Waals surface area contributed by atoms with Crippen molar-refractivity contribution >= 4 is 41.3 Å².